The summed E-state index contributed by atoms with van der Waals surface area (Å²) in [6.07, 6.45) is 2.62. The van der Waals surface area contributed by atoms with E-state index in [0.717, 1.165) is 53.5 Å². The number of aryl methyl sites for hydroxylation is 1. The zero-order chi connectivity index (χ0) is 20.9. The van der Waals surface area contributed by atoms with Gasteiger partial charge in [0.15, 0.2) is 0 Å². The van der Waals surface area contributed by atoms with E-state index in [9.17, 15) is 4.79 Å². The van der Waals surface area contributed by atoms with Crippen LogP contribution in [-0.4, -0.2) is 35.0 Å². The number of benzene rings is 2. The number of hydrogen-bond acceptors (Lipinski definition) is 4. The van der Waals surface area contributed by atoms with Gasteiger partial charge in [-0.15, -0.1) is 0 Å². The van der Waals surface area contributed by atoms with Crippen molar-refractivity contribution in [3.8, 4) is 11.4 Å². The molecule has 0 bridgehead atoms. The summed E-state index contributed by atoms with van der Waals surface area (Å²) in [7, 11) is 0. The highest BCUT2D eigenvalue weighted by molar-refractivity contribution is 5.92. The maximum absolute atomic E-state index is 12.6. The van der Waals surface area contributed by atoms with Crippen molar-refractivity contribution in [3.63, 3.8) is 0 Å². The standard InChI is InChI=1S/C24H27N3O3/c1-17-23(18(2)27(26-17)20-7-4-3-5-8-20)15-24(28)25-19-10-12-21(13-11-19)30-16-22-9-6-14-29-22/h3-5,7-8,10-13,22H,6,9,14-16H2,1-2H3,(H,25,28). The normalized spacial score (nSPS) is 15.9. The Balaban J connectivity index is 1.36. The summed E-state index contributed by atoms with van der Waals surface area (Å²) in [4.78, 5) is 12.6. The zero-order valence-corrected chi connectivity index (χ0v) is 17.4. The fourth-order valence-corrected chi connectivity index (χ4v) is 3.72. The van der Waals surface area contributed by atoms with E-state index in [0.29, 0.717) is 6.61 Å². The average molecular weight is 405 g/mol. The first-order chi connectivity index (χ1) is 14.6. The maximum atomic E-state index is 12.6. The molecule has 1 aliphatic heterocycles. The van der Waals surface area contributed by atoms with Gasteiger partial charge in [-0.25, -0.2) is 4.68 Å². The van der Waals surface area contributed by atoms with E-state index in [1.54, 1.807) is 0 Å². The smallest absolute Gasteiger partial charge is 0.228 e. The van der Waals surface area contributed by atoms with Crippen molar-refractivity contribution in [2.24, 2.45) is 0 Å². The second-order valence-electron chi connectivity index (χ2n) is 7.59. The molecular formula is C24H27N3O3. The summed E-state index contributed by atoms with van der Waals surface area (Å²) in [5.41, 5.74) is 4.53. The molecule has 1 fully saturated rings. The van der Waals surface area contributed by atoms with E-state index in [4.69, 9.17) is 9.47 Å². The molecule has 0 spiro atoms. The lowest BCUT2D eigenvalue weighted by Crippen LogP contribution is -2.16. The number of carbonyl (C=O) groups is 1. The van der Waals surface area contributed by atoms with Gasteiger partial charge in [0.25, 0.3) is 0 Å². The number of carbonyl (C=O) groups excluding carboxylic acids is 1. The molecule has 0 radical (unpaired) electrons. The first kappa shape index (κ1) is 20.2. The third-order valence-corrected chi connectivity index (χ3v) is 5.38. The fourth-order valence-electron chi connectivity index (χ4n) is 3.72. The van der Waals surface area contributed by atoms with Gasteiger partial charge in [-0.2, -0.15) is 5.10 Å². The minimum Gasteiger partial charge on any atom is -0.491 e. The number of aromatic nitrogens is 2. The van der Waals surface area contributed by atoms with Gasteiger partial charge in [0, 0.05) is 23.6 Å². The Labute approximate surface area is 176 Å². The molecule has 1 amide bonds. The van der Waals surface area contributed by atoms with Crippen LogP contribution in [0.4, 0.5) is 5.69 Å². The van der Waals surface area contributed by atoms with Crippen LogP contribution in [0, 0.1) is 13.8 Å². The molecule has 1 atom stereocenters. The van der Waals surface area contributed by atoms with E-state index in [1.807, 2.05) is 73.1 Å². The van der Waals surface area contributed by atoms with Crippen LogP contribution < -0.4 is 10.1 Å². The van der Waals surface area contributed by atoms with Crippen LogP contribution in [0.3, 0.4) is 0 Å². The van der Waals surface area contributed by atoms with E-state index < -0.39 is 0 Å². The van der Waals surface area contributed by atoms with Gasteiger partial charge >= 0.3 is 0 Å². The fraction of sp³-hybridized carbons (Fsp3) is 0.333. The number of nitrogens with zero attached hydrogens (tertiary/aromatic N) is 2. The van der Waals surface area contributed by atoms with E-state index in [-0.39, 0.29) is 18.4 Å². The minimum atomic E-state index is -0.0677. The van der Waals surface area contributed by atoms with Gasteiger partial charge in [0.05, 0.1) is 23.9 Å². The van der Waals surface area contributed by atoms with Gasteiger partial charge in [0.2, 0.25) is 5.91 Å². The Hall–Kier alpha value is -3.12. The number of ether oxygens (including phenoxy) is 2. The molecule has 1 aliphatic rings. The molecule has 6 nitrogen and oxygen atoms in total. The molecule has 1 aromatic heterocycles. The zero-order valence-electron chi connectivity index (χ0n) is 17.4. The molecule has 1 N–H and O–H groups in total. The van der Waals surface area contributed by atoms with Crippen LogP contribution in [0.15, 0.2) is 54.6 Å². The number of para-hydroxylation sites is 1. The number of rotatable bonds is 7. The van der Waals surface area contributed by atoms with Crippen LogP contribution in [0.1, 0.15) is 29.8 Å². The second-order valence-corrected chi connectivity index (χ2v) is 7.59. The maximum Gasteiger partial charge on any atom is 0.228 e. The van der Waals surface area contributed by atoms with Gasteiger partial charge in [-0.05, 0) is 63.1 Å². The SMILES string of the molecule is Cc1nn(-c2ccccc2)c(C)c1CC(=O)Nc1ccc(OCC2CCCO2)cc1. The van der Waals surface area contributed by atoms with Crippen LogP contribution in [0.5, 0.6) is 5.75 Å². The Bertz CT molecular complexity index is 991. The third-order valence-electron chi connectivity index (χ3n) is 5.38. The van der Waals surface area contributed by atoms with Crippen LogP contribution in [-0.2, 0) is 16.0 Å². The van der Waals surface area contributed by atoms with Crippen LogP contribution in [0.2, 0.25) is 0 Å². The summed E-state index contributed by atoms with van der Waals surface area (Å²) >= 11 is 0. The Morgan fingerprint density at radius 2 is 1.93 bits per heavy atom. The molecule has 1 saturated heterocycles. The van der Waals surface area contributed by atoms with Crippen molar-refractivity contribution in [3.05, 3.63) is 71.5 Å². The highest BCUT2D eigenvalue weighted by atomic mass is 16.5. The molecule has 2 aromatic carbocycles. The summed E-state index contributed by atoms with van der Waals surface area (Å²) in [6, 6.07) is 17.4. The molecule has 4 rings (SSSR count). The first-order valence-corrected chi connectivity index (χ1v) is 10.3. The summed E-state index contributed by atoms with van der Waals surface area (Å²) in [6.45, 7) is 5.32. The molecule has 3 aromatic rings. The summed E-state index contributed by atoms with van der Waals surface area (Å²) in [5, 5.41) is 7.58. The lowest BCUT2D eigenvalue weighted by molar-refractivity contribution is -0.115. The number of hydrogen-bond donors (Lipinski definition) is 1. The van der Waals surface area contributed by atoms with Crippen molar-refractivity contribution in [2.75, 3.05) is 18.5 Å². The van der Waals surface area contributed by atoms with E-state index in [1.165, 1.54) is 0 Å². The second kappa shape index (κ2) is 9.13. The van der Waals surface area contributed by atoms with Crippen molar-refractivity contribution < 1.29 is 14.3 Å². The minimum absolute atomic E-state index is 0.0677. The number of anilines is 1. The van der Waals surface area contributed by atoms with Gasteiger partial charge in [-0.1, -0.05) is 18.2 Å². The van der Waals surface area contributed by atoms with Crippen molar-refractivity contribution in [1.82, 2.24) is 9.78 Å². The van der Waals surface area contributed by atoms with Crippen LogP contribution >= 0.6 is 0 Å². The highest BCUT2D eigenvalue weighted by Crippen LogP contribution is 2.21. The Kier molecular flexibility index (Phi) is 6.14. The van der Waals surface area contributed by atoms with Gasteiger partial charge < -0.3 is 14.8 Å². The lowest BCUT2D eigenvalue weighted by Gasteiger charge is -2.12. The van der Waals surface area contributed by atoms with Crippen LogP contribution in [0.25, 0.3) is 5.69 Å². The van der Waals surface area contributed by atoms with Crippen molar-refractivity contribution in [1.29, 1.82) is 0 Å². The third kappa shape index (κ3) is 4.71. The van der Waals surface area contributed by atoms with Gasteiger partial charge in [-0.3, -0.25) is 4.79 Å². The quantitative estimate of drug-likeness (QED) is 0.639. The summed E-state index contributed by atoms with van der Waals surface area (Å²) in [5.74, 6) is 0.709. The molecular weight excluding hydrogens is 378 g/mol. The van der Waals surface area contributed by atoms with Crippen molar-refractivity contribution >= 4 is 11.6 Å². The van der Waals surface area contributed by atoms with E-state index >= 15 is 0 Å². The molecule has 0 saturated carbocycles. The average Bonchev–Trinajstić information content (AvgIpc) is 3.38. The molecule has 2 heterocycles. The number of nitrogens with one attached hydrogen (secondary N) is 1. The van der Waals surface area contributed by atoms with Crippen molar-refractivity contribution in [2.45, 2.75) is 39.2 Å². The predicted octanol–water partition coefficient (Wildman–Crippen LogP) is 4.23. The molecule has 30 heavy (non-hydrogen) atoms. The largest absolute Gasteiger partial charge is 0.491 e. The Morgan fingerprint density at radius 3 is 2.63 bits per heavy atom. The number of amides is 1. The topological polar surface area (TPSA) is 65.4 Å². The molecule has 6 heteroatoms. The monoisotopic (exact) mass is 405 g/mol. The van der Waals surface area contributed by atoms with E-state index in [2.05, 4.69) is 10.4 Å². The summed E-state index contributed by atoms with van der Waals surface area (Å²) < 4.78 is 13.2. The lowest BCUT2D eigenvalue weighted by atomic mass is 10.1. The Morgan fingerprint density at radius 1 is 1.17 bits per heavy atom. The highest BCUT2D eigenvalue weighted by Gasteiger charge is 2.17. The predicted molar refractivity (Wildman–Crippen MR) is 116 cm³/mol. The van der Waals surface area contributed by atoms with Gasteiger partial charge in [0.1, 0.15) is 12.4 Å². The first-order valence-electron chi connectivity index (χ1n) is 10.3. The molecule has 1 unspecified atom stereocenters. The molecule has 0 aliphatic carbocycles. The molecule has 156 valence electrons.